The molecule has 0 radical (unpaired) electrons. The second-order valence-corrected chi connectivity index (χ2v) is 5.56. The van der Waals surface area contributed by atoms with Gasteiger partial charge in [0.2, 0.25) is 0 Å². The minimum absolute atomic E-state index is 0.173. The molecule has 0 spiro atoms. The van der Waals surface area contributed by atoms with Crippen LogP contribution in [0.2, 0.25) is 0 Å². The van der Waals surface area contributed by atoms with E-state index in [1.165, 1.54) is 11.0 Å². The highest BCUT2D eigenvalue weighted by Gasteiger charge is 2.04. The summed E-state index contributed by atoms with van der Waals surface area (Å²) in [5.74, 6) is 0.828. The Kier molecular flexibility index (Phi) is 5.43. The lowest BCUT2D eigenvalue weighted by atomic mass is 10.1. The van der Waals surface area contributed by atoms with Crippen molar-refractivity contribution >= 4 is 11.8 Å². The van der Waals surface area contributed by atoms with Crippen LogP contribution in [0.1, 0.15) is 18.5 Å². The maximum Gasteiger partial charge on any atom is 0.123 e. The number of hydrogen-bond donors (Lipinski definition) is 1. The number of thioether (sulfide) groups is 1. The van der Waals surface area contributed by atoms with Crippen LogP contribution >= 0.6 is 11.8 Å². The Morgan fingerprint density at radius 3 is 2.63 bits per heavy atom. The van der Waals surface area contributed by atoms with Crippen molar-refractivity contribution in [3.63, 3.8) is 0 Å². The zero-order valence-corrected chi connectivity index (χ0v) is 11.8. The van der Waals surface area contributed by atoms with Crippen molar-refractivity contribution in [1.82, 2.24) is 5.32 Å². The van der Waals surface area contributed by atoms with Gasteiger partial charge >= 0.3 is 0 Å². The van der Waals surface area contributed by atoms with Gasteiger partial charge in [-0.1, -0.05) is 30.3 Å². The third-order valence-electron chi connectivity index (χ3n) is 2.91. The van der Waals surface area contributed by atoms with Crippen molar-refractivity contribution in [3.05, 3.63) is 66.0 Å². The molecular formula is C16H18FNS. The van der Waals surface area contributed by atoms with Crippen LogP contribution in [0.15, 0.2) is 59.5 Å². The standard InChI is InChI=1S/C16H18FNS/c1-13(14-6-5-7-15(17)12-14)18-10-11-19-16-8-3-2-4-9-16/h2-9,12-13,18H,10-11H2,1H3. The summed E-state index contributed by atoms with van der Waals surface area (Å²) in [5.41, 5.74) is 0.990. The van der Waals surface area contributed by atoms with E-state index in [2.05, 4.69) is 24.4 Å². The molecule has 2 rings (SSSR count). The molecule has 0 aromatic heterocycles. The average molecular weight is 275 g/mol. The Morgan fingerprint density at radius 1 is 1.11 bits per heavy atom. The summed E-state index contributed by atoms with van der Waals surface area (Å²) in [6.07, 6.45) is 0. The molecule has 0 aliphatic heterocycles. The molecule has 0 fully saturated rings. The van der Waals surface area contributed by atoms with E-state index >= 15 is 0 Å². The fourth-order valence-electron chi connectivity index (χ4n) is 1.85. The number of hydrogen-bond acceptors (Lipinski definition) is 2. The van der Waals surface area contributed by atoms with Crippen LogP contribution in [0.4, 0.5) is 4.39 Å². The van der Waals surface area contributed by atoms with Crippen LogP contribution in [-0.2, 0) is 0 Å². The van der Waals surface area contributed by atoms with Crippen molar-refractivity contribution in [1.29, 1.82) is 0 Å². The SMILES string of the molecule is CC(NCCSc1ccccc1)c1cccc(F)c1. The average Bonchev–Trinajstić information content (AvgIpc) is 2.44. The highest BCUT2D eigenvalue weighted by Crippen LogP contribution is 2.17. The summed E-state index contributed by atoms with van der Waals surface area (Å²) in [6.45, 7) is 2.96. The van der Waals surface area contributed by atoms with Crippen LogP contribution in [0.5, 0.6) is 0 Å². The quantitative estimate of drug-likeness (QED) is 0.624. The molecule has 19 heavy (non-hydrogen) atoms. The molecule has 0 heterocycles. The summed E-state index contributed by atoms with van der Waals surface area (Å²) in [5, 5.41) is 3.41. The molecule has 2 aromatic rings. The Balaban J connectivity index is 1.74. The van der Waals surface area contributed by atoms with Gasteiger partial charge in [-0.2, -0.15) is 0 Å². The lowest BCUT2D eigenvalue weighted by Crippen LogP contribution is -2.21. The van der Waals surface area contributed by atoms with Gasteiger partial charge in [-0.15, -0.1) is 11.8 Å². The summed E-state index contributed by atoms with van der Waals surface area (Å²) >= 11 is 1.82. The van der Waals surface area contributed by atoms with E-state index in [9.17, 15) is 4.39 Å². The zero-order valence-electron chi connectivity index (χ0n) is 11.0. The van der Waals surface area contributed by atoms with Crippen molar-refractivity contribution < 1.29 is 4.39 Å². The highest BCUT2D eigenvalue weighted by atomic mass is 32.2. The fraction of sp³-hybridized carbons (Fsp3) is 0.250. The third-order valence-corrected chi connectivity index (χ3v) is 3.93. The minimum Gasteiger partial charge on any atom is -0.309 e. The lowest BCUT2D eigenvalue weighted by Gasteiger charge is -2.14. The summed E-state index contributed by atoms with van der Waals surface area (Å²) in [4.78, 5) is 1.28. The first-order chi connectivity index (χ1) is 9.25. The molecule has 3 heteroatoms. The molecule has 1 atom stereocenters. The van der Waals surface area contributed by atoms with Gasteiger partial charge in [0.15, 0.2) is 0 Å². The maximum atomic E-state index is 13.1. The summed E-state index contributed by atoms with van der Waals surface area (Å²) in [7, 11) is 0. The number of benzene rings is 2. The molecule has 2 aromatic carbocycles. The summed E-state index contributed by atoms with van der Waals surface area (Å²) in [6, 6.07) is 17.3. The number of halogens is 1. The van der Waals surface area contributed by atoms with Crippen molar-refractivity contribution in [2.75, 3.05) is 12.3 Å². The van der Waals surface area contributed by atoms with E-state index in [0.717, 1.165) is 17.9 Å². The number of rotatable bonds is 6. The lowest BCUT2D eigenvalue weighted by molar-refractivity contribution is 0.585. The van der Waals surface area contributed by atoms with Gasteiger partial charge in [0.05, 0.1) is 0 Å². The monoisotopic (exact) mass is 275 g/mol. The Labute approximate surface area is 118 Å². The van der Waals surface area contributed by atoms with Crippen LogP contribution in [0.3, 0.4) is 0 Å². The molecule has 0 saturated carbocycles. The van der Waals surface area contributed by atoms with E-state index in [4.69, 9.17) is 0 Å². The van der Waals surface area contributed by atoms with Crippen molar-refractivity contribution in [2.24, 2.45) is 0 Å². The summed E-state index contributed by atoms with van der Waals surface area (Å²) < 4.78 is 13.1. The third kappa shape index (κ3) is 4.69. The molecule has 100 valence electrons. The molecule has 1 nitrogen and oxygen atoms in total. The highest BCUT2D eigenvalue weighted by molar-refractivity contribution is 7.99. The smallest absolute Gasteiger partial charge is 0.123 e. The van der Waals surface area contributed by atoms with Gasteiger partial charge in [-0.05, 0) is 36.8 Å². The Morgan fingerprint density at radius 2 is 1.89 bits per heavy atom. The van der Waals surface area contributed by atoms with Crippen molar-refractivity contribution in [2.45, 2.75) is 17.9 Å². The Hall–Kier alpha value is -1.32. The molecule has 0 aliphatic carbocycles. The van der Waals surface area contributed by atoms with Gasteiger partial charge < -0.3 is 5.32 Å². The van der Waals surface area contributed by atoms with Gasteiger partial charge in [-0.3, -0.25) is 0 Å². The van der Waals surface area contributed by atoms with Crippen LogP contribution in [0.25, 0.3) is 0 Å². The predicted octanol–water partition coefficient (Wildman–Crippen LogP) is 4.27. The van der Waals surface area contributed by atoms with Gasteiger partial charge in [0, 0.05) is 23.2 Å². The molecule has 0 amide bonds. The molecule has 0 aliphatic rings. The first-order valence-corrected chi connectivity index (χ1v) is 7.41. The largest absolute Gasteiger partial charge is 0.309 e. The Bertz CT molecular complexity index is 501. The van der Waals surface area contributed by atoms with Crippen LogP contribution in [-0.4, -0.2) is 12.3 Å². The zero-order chi connectivity index (χ0) is 13.5. The predicted molar refractivity (Wildman–Crippen MR) is 80.0 cm³/mol. The van der Waals surface area contributed by atoms with Crippen LogP contribution in [0, 0.1) is 5.82 Å². The van der Waals surface area contributed by atoms with E-state index in [-0.39, 0.29) is 11.9 Å². The first kappa shape index (κ1) is 14.1. The normalized spacial score (nSPS) is 12.3. The van der Waals surface area contributed by atoms with Gasteiger partial charge in [0.25, 0.3) is 0 Å². The molecule has 1 N–H and O–H groups in total. The van der Waals surface area contributed by atoms with Gasteiger partial charge in [0.1, 0.15) is 5.82 Å². The van der Waals surface area contributed by atoms with E-state index in [1.807, 2.05) is 36.0 Å². The second kappa shape index (κ2) is 7.31. The van der Waals surface area contributed by atoms with Crippen LogP contribution < -0.4 is 5.32 Å². The minimum atomic E-state index is -0.176. The first-order valence-electron chi connectivity index (χ1n) is 6.42. The van der Waals surface area contributed by atoms with E-state index < -0.39 is 0 Å². The fourth-order valence-corrected chi connectivity index (χ4v) is 2.66. The topological polar surface area (TPSA) is 12.0 Å². The number of nitrogens with one attached hydrogen (secondary N) is 1. The molecule has 1 unspecified atom stereocenters. The second-order valence-electron chi connectivity index (χ2n) is 4.39. The van der Waals surface area contributed by atoms with E-state index in [0.29, 0.717) is 0 Å². The van der Waals surface area contributed by atoms with E-state index in [1.54, 1.807) is 12.1 Å². The van der Waals surface area contributed by atoms with Crippen molar-refractivity contribution in [3.8, 4) is 0 Å². The molecular weight excluding hydrogens is 257 g/mol. The maximum absolute atomic E-state index is 13.1. The molecule has 0 saturated heterocycles. The molecule has 0 bridgehead atoms. The van der Waals surface area contributed by atoms with Gasteiger partial charge in [-0.25, -0.2) is 4.39 Å².